The highest BCUT2D eigenvalue weighted by Gasteiger charge is 2.23. The van der Waals surface area contributed by atoms with Gasteiger partial charge in [0.15, 0.2) is 5.41 Å². The fraction of sp³-hybridized carbons (Fsp3) is 0.429. The third-order valence-corrected chi connectivity index (χ3v) is 4.57. The van der Waals surface area contributed by atoms with Crippen LogP contribution in [0.5, 0.6) is 0 Å². The van der Waals surface area contributed by atoms with Crippen LogP contribution < -0.4 is 0 Å². The monoisotopic (exact) mass is 266 g/mol. The fourth-order valence-corrected chi connectivity index (χ4v) is 2.36. The molecule has 1 aromatic rings. The van der Waals surface area contributed by atoms with Crippen LogP contribution in [0, 0.1) is 0 Å². The van der Waals surface area contributed by atoms with Crippen molar-refractivity contribution in [2.45, 2.75) is 18.8 Å². The van der Waals surface area contributed by atoms with Crippen LogP contribution >= 0.6 is 0 Å². The molecule has 4 heteroatoms. The van der Waals surface area contributed by atoms with Gasteiger partial charge in [-0.25, -0.2) is 0 Å². The molecule has 0 saturated carbocycles. The van der Waals surface area contributed by atoms with E-state index in [1.807, 2.05) is 13.0 Å². The van der Waals surface area contributed by atoms with Gasteiger partial charge in [0.2, 0.25) is 9.76 Å². The van der Waals surface area contributed by atoms with E-state index in [-0.39, 0.29) is 0 Å². The lowest BCUT2D eigenvalue weighted by molar-refractivity contribution is -0.138. The van der Waals surface area contributed by atoms with Crippen molar-refractivity contribution in [3.8, 4) is 0 Å². The Balaban J connectivity index is 2.31. The van der Waals surface area contributed by atoms with Gasteiger partial charge in [-0.1, -0.05) is 36.9 Å². The zero-order valence-corrected chi connectivity index (χ0v) is 12.9. The predicted octanol–water partition coefficient (Wildman–Crippen LogP) is 1.94. The summed E-state index contributed by atoms with van der Waals surface area (Å²) < 4.78 is 16.3. The first-order valence-electron chi connectivity index (χ1n) is 6.03. The Morgan fingerprint density at radius 3 is 2.33 bits per heavy atom. The number of hydrogen-bond acceptors (Lipinski definition) is 3. The van der Waals surface area contributed by atoms with Crippen molar-refractivity contribution >= 4 is 15.8 Å². The Morgan fingerprint density at radius 1 is 1.22 bits per heavy atom. The first-order valence-corrected chi connectivity index (χ1v) is 7.31. The molecule has 1 rings (SSSR count). The zero-order valence-electron chi connectivity index (χ0n) is 11.4. The largest absolute Gasteiger partial charge is 0.417 e. The second kappa shape index (κ2) is 7.48. The fourth-order valence-electron chi connectivity index (χ4n) is 1.47. The van der Waals surface area contributed by atoms with Crippen LogP contribution in [0.4, 0.5) is 0 Å². The van der Waals surface area contributed by atoms with Crippen molar-refractivity contribution in [1.82, 2.24) is 0 Å². The lowest BCUT2D eigenvalue weighted by atomic mass is 10.1. The lowest BCUT2D eigenvalue weighted by Crippen LogP contribution is -2.38. The quantitative estimate of drug-likeness (QED) is 0.409. The van der Waals surface area contributed by atoms with E-state index in [1.54, 1.807) is 14.2 Å². The van der Waals surface area contributed by atoms with Crippen molar-refractivity contribution < 1.29 is 13.9 Å². The summed E-state index contributed by atoms with van der Waals surface area (Å²) in [5.74, 6) is 0. The molecule has 0 aliphatic carbocycles. The summed E-state index contributed by atoms with van der Waals surface area (Å²) in [6.45, 7) is 6.36. The number of hydrogen-bond donors (Lipinski definition) is 0. The maximum absolute atomic E-state index is 5.71. The first-order chi connectivity index (χ1) is 8.63. The number of methoxy groups -OCH3 is 2. The Labute approximate surface area is 112 Å². The van der Waals surface area contributed by atoms with Crippen molar-refractivity contribution in [3.63, 3.8) is 0 Å². The molecule has 0 bridgehead atoms. The van der Waals surface area contributed by atoms with E-state index in [1.165, 1.54) is 5.56 Å². The lowest BCUT2D eigenvalue weighted by Gasteiger charge is -2.25. The summed E-state index contributed by atoms with van der Waals surface area (Å²) in [4.78, 5) is 0. The van der Waals surface area contributed by atoms with Gasteiger partial charge in [-0.05, 0) is 24.5 Å². The standard InChI is InChI=1S/C14H22O3Si/c1-5-12-6-8-13(9-7-12)10-11-17-18-14(2,15-3)16-4/h5-9H,1,10-11,18H2,2-4H3. The number of ether oxygens (including phenoxy) is 2. The molecule has 0 saturated heterocycles. The highest BCUT2D eigenvalue weighted by atomic mass is 28.2. The third kappa shape index (κ3) is 4.74. The normalized spacial score (nSPS) is 12.2. The average Bonchev–Trinajstić information content (AvgIpc) is 2.44. The van der Waals surface area contributed by atoms with Gasteiger partial charge in [0, 0.05) is 20.8 Å². The topological polar surface area (TPSA) is 27.7 Å². The molecule has 0 aliphatic rings. The molecular formula is C14H22O3Si. The summed E-state index contributed by atoms with van der Waals surface area (Å²) >= 11 is 0. The highest BCUT2D eigenvalue weighted by Crippen LogP contribution is 2.09. The summed E-state index contributed by atoms with van der Waals surface area (Å²) in [6.07, 6.45) is 2.75. The van der Waals surface area contributed by atoms with Crippen LogP contribution in [0.3, 0.4) is 0 Å². The zero-order chi connectivity index (χ0) is 13.4. The minimum Gasteiger partial charge on any atom is -0.417 e. The van der Waals surface area contributed by atoms with E-state index >= 15 is 0 Å². The van der Waals surface area contributed by atoms with Gasteiger partial charge < -0.3 is 13.9 Å². The summed E-state index contributed by atoms with van der Waals surface area (Å²) in [6, 6.07) is 8.34. The molecule has 0 heterocycles. The first kappa shape index (κ1) is 15.1. The van der Waals surface area contributed by atoms with Crippen LogP contribution in [0.1, 0.15) is 18.1 Å². The van der Waals surface area contributed by atoms with E-state index in [4.69, 9.17) is 13.9 Å². The van der Waals surface area contributed by atoms with E-state index < -0.39 is 15.2 Å². The molecule has 0 fully saturated rings. The molecule has 0 aromatic heterocycles. The summed E-state index contributed by atoms with van der Waals surface area (Å²) in [5, 5.41) is 0. The molecule has 0 radical (unpaired) electrons. The molecule has 3 nitrogen and oxygen atoms in total. The molecule has 100 valence electrons. The van der Waals surface area contributed by atoms with Gasteiger partial charge in [-0.15, -0.1) is 0 Å². The van der Waals surface area contributed by atoms with Crippen molar-refractivity contribution in [2.24, 2.45) is 0 Å². The van der Waals surface area contributed by atoms with Crippen molar-refractivity contribution in [2.75, 3.05) is 20.8 Å². The number of rotatable bonds is 8. The van der Waals surface area contributed by atoms with Gasteiger partial charge in [-0.3, -0.25) is 0 Å². The van der Waals surface area contributed by atoms with E-state index in [2.05, 4.69) is 30.8 Å². The smallest absolute Gasteiger partial charge is 0.227 e. The van der Waals surface area contributed by atoms with Crippen LogP contribution in [0.25, 0.3) is 6.08 Å². The van der Waals surface area contributed by atoms with Gasteiger partial charge in [0.1, 0.15) is 0 Å². The molecule has 0 unspecified atom stereocenters. The van der Waals surface area contributed by atoms with Gasteiger partial charge in [0.05, 0.1) is 0 Å². The summed E-state index contributed by atoms with van der Waals surface area (Å²) in [5.41, 5.74) is 1.89. The Hall–Kier alpha value is -0.943. The molecule has 0 amide bonds. The highest BCUT2D eigenvalue weighted by molar-refractivity contribution is 6.30. The minimum absolute atomic E-state index is 0.521. The Bertz CT molecular complexity index is 358. The Kier molecular flexibility index (Phi) is 6.28. The van der Waals surface area contributed by atoms with Crippen LogP contribution in [0.15, 0.2) is 30.8 Å². The summed E-state index contributed by atoms with van der Waals surface area (Å²) in [7, 11) is 2.43. The predicted molar refractivity (Wildman–Crippen MR) is 77.2 cm³/mol. The molecule has 1 aromatic carbocycles. The van der Waals surface area contributed by atoms with Crippen LogP contribution in [-0.4, -0.2) is 36.0 Å². The van der Waals surface area contributed by atoms with E-state index in [0.29, 0.717) is 6.61 Å². The van der Waals surface area contributed by atoms with Crippen LogP contribution in [0.2, 0.25) is 0 Å². The SMILES string of the molecule is C=Cc1ccc(CCO[SiH2]C(C)(OC)OC)cc1. The molecule has 0 atom stereocenters. The minimum atomic E-state index is -0.860. The van der Waals surface area contributed by atoms with Crippen LogP contribution in [-0.2, 0) is 20.3 Å². The van der Waals surface area contributed by atoms with E-state index in [9.17, 15) is 0 Å². The van der Waals surface area contributed by atoms with E-state index in [0.717, 1.165) is 12.0 Å². The molecule has 18 heavy (non-hydrogen) atoms. The average molecular weight is 266 g/mol. The number of benzene rings is 1. The second-order valence-corrected chi connectivity index (χ2v) is 6.27. The van der Waals surface area contributed by atoms with Crippen molar-refractivity contribution in [1.29, 1.82) is 0 Å². The van der Waals surface area contributed by atoms with Crippen molar-refractivity contribution in [3.05, 3.63) is 42.0 Å². The van der Waals surface area contributed by atoms with Gasteiger partial charge in [0.25, 0.3) is 0 Å². The molecule has 0 N–H and O–H groups in total. The molecule has 0 aliphatic heterocycles. The molecule has 0 spiro atoms. The molecular weight excluding hydrogens is 244 g/mol. The maximum atomic E-state index is 5.71. The third-order valence-electron chi connectivity index (χ3n) is 2.98. The maximum Gasteiger partial charge on any atom is 0.227 e. The van der Waals surface area contributed by atoms with Gasteiger partial charge in [-0.2, -0.15) is 0 Å². The Morgan fingerprint density at radius 2 is 1.83 bits per heavy atom. The second-order valence-electron chi connectivity index (χ2n) is 4.29. The van der Waals surface area contributed by atoms with Gasteiger partial charge >= 0.3 is 0 Å².